The summed E-state index contributed by atoms with van der Waals surface area (Å²) < 4.78 is 18.6. The Morgan fingerprint density at radius 2 is 2.06 bits per heavy atom. The number of carbonyl (C=O) groups is 1. The summed E-state index contributed by atoms with van der Waals surface area (Å²) in [7, 11) is 0. The van der Waals surface area contributed by atoms with E-state index < -0.39 is 11.8 Å². The molecule has 1 aliphatic rings. The number of hydrogen-bond donors (Lipinski definition) is 1. The maximum Gasteiger partial charge on any atom is 0.340 e. The van der Waals surface area contributed by atoms with E-state index in [2.05, 4.69) is 0 Å². The van der Waals surface area contributed by atoms with Gasteiger partial charge >= 0.3 is 5.97 Å². The van der Waals surface area contributed by atoms with Crippen molar-refractivity contribution in [3.05, 3.63) is 29.6 Å². The number of carboxylic acid groups (broad SMARTS) is 1. The van der Waals surface area contributed by atoms with E-state index in [-0.39, 0.29) is 5.56 Å². The second-order valence-corrected chi connectivity index (χ2v) is 3.54. The van der Waals surface area contributed by atoms with E-state index in [0.29, 0.717) is 32.0 Å². The minimum Gasteiger partial charge on any atom is -0.478 e. The molecule has 0 spiro atoms. The monoisotopic (exact) mass is 225 g/mol. The maximum atomic E-state index is 13.4. The van der Waals surface area contributed by atoms with Gasteiger partial charge in [-0.2, -0.15) is 0 Å². The van der Waals surface area contributed by atoms with E-state index in [4.69, 9.17) is 9.84 Å². The van der Waals surface area contributed by atoms with Crippen molar-refractivity contribution >= 4 is 11.7 Å². The van der Waals surface area contributed by atoms with E-state index in [9.17, 15) is 9.18 Å². The Labute approximate surface area is 92.2 Å². The van der Waals surface area contributed by atoms with Crippen molar-refractivity contribution in [1.82, 2.24) is 0 Å². The zero-order valence-corrected chi connectivity index (χ0v) is 8.65. The van der Waals surface area contributed by atoms with Gasteiger partial charge in [0, 0.05) is 13.1 Å². The fraction of sp³-hybridized carbons (Fsp3) is 0.364. The van der Waals surface area contributed by atoms with Crippen molar-refractivity contribution < 1.29 is 19.0 Å². The molecule has 0 radical (unpaired) electrons. The van der Waals surface area contributed by atoms with Crippen molar-refractivity contribution in [2.45, 2.75) is 0 Å². The van der Waals surface area contributed by atoms with Crippen LogP contribution in [0.4, 0.5) is 10.1 Å². The fourth-order valence-corrected chi connectivity index (χ4v) is 1.79. The van der Waals surface area contributed by atoms with Gasteiger partial charge in [0.25, 0.3) is 0 Å². The lowest BCUT2D eigenvalue weighted by atomic mass is 10.1. The molecule has 2 rings (SSSR count). The molecule has 0 atom stereocenters. The van der Waals surface area contributed by atoms with Crippen LogP contribution < -0.4 is 4.90 Å². The van der Waals surface area contributed by atoms with Crippen LogP contribution in [0.15, 0.2) is 18.2 Å². The predicted molar refractivity (Wildman–Crippen MR) is 56.4 cm³/mol. The highest BCUT2D eigenvalue weighted by Crippen LogP contribution is 2.24. The molecule has 16 heavy (non-hydrogen) atoms. The van der Waals surface area contributed by atoms with E-state index >= 15 is 0 Å². The predicted octanol–water partition coefficient (Wildman–Crippen LogP) is 1.36. The van der Waals surface area contributed by atoms with Gasteiger partial charge in [0.1, 0.15) is 11.4 Å². The summed E-state index contributed by atoms with van der Waals surface area (Å²) in [4.78, 5) is 12.8. The van der Waals surface area contributed by atoms with Crippen LogP contribution in [0, 0.1) is 5.82 Å². The van der Waals surface area contributed by atoms with Crippen LogP contribution >= 0.6 is 0 Å². The normalized spacial score (nSPS) is 16.2. The number of halogens is 1. The Bertz CT molecular complexity index is 402. The number of morpholine rings is 1. The second kappa shape index (κ2) is 4.49. The first-order valence-electron chi connectivity index (χ1n) is 5.04. The summed E-state index contributed by atoms with van der Waals surface area (Å²) in [6.45, 7) is 2.25. The quantitative estimate of drug-likeness (QED) is 0.825. The van der Waals surface area contributed by atoms with Crippen LogP contribution in [0.3, 0.4) is 0 Å². The molecule has 1 heterocycles. The zero-order valence-electron chi connectivity index (χ0n) is 8.65. The van der Waals surface area contributed by atoms with Gasteiger partial charge in [0.2, 0.25) is 0 Å². The standard InChI is InChI=1S/C11H12FNO3/c12-8-2-1-3-9(10(8)11(14)15)13-4-6-16-7-5-13/h1-3H,4-7H2,(H,14,15). The fourth-order valence-electron chi connectivity index (χ4n) is 1.79. The molecule has 0 unspecified atom stereocenters. The van der Waals surface area contributed by atoms with Crippen LogP contribution in [0.1, 0.15) is 10.4 Å². The molecule has 1 aliphatic heterocycles. The highest BCUT2D eigenvalue weighted by molar-refractivity contribution is 5.94. The van der Waals surface area contributed by atoms with Crippen molar-refractivity contribution in [3.8, 4) is 0 Å². The van der Waals surface area contributed by atoms with E-state index in [1.807, 2.05) is 4.90 Å². The number of carboxylic acids is 1. The number of nitrogens with zero attached hydrogens (tertiary/aromatic N) is 1. The van der Waals surface area contributed by atoms with E-state index in [0.717, 1.165) is 6.07 Å². The molecule has 86 valence electrons. The number of hydrogen-bond acceptors (Lipinski definition) is 3. The van der Waals surface area contributed by atoms with Gasteiger partial charge in [0.15, 0.2) is 0 Å². The molecule has 5 heteroatoms. The van der Waals surface area contributed by atoms with Crippen molar-refractivity contribution in [2.24, 2.45) is 0 Å². The minimum absolute atomic E-state index is 0.260. The van der Waals surface area contributed by atoms with Gasteiger partial charge in [0.05, 0.1) is 18.9 Å². The summed E-state index contributed by atoms with van der Waals surface area (Å²) >= 11 is 0. The van der Waals surface area contributed by atoms with Crippen molar-refractivity contribution in [1.29, 1.82) is 0 Å². The molecule has 0 bridgehead atoms. The number of ether oxygens (including phenoxy) is 1. The smallest absolute Gasteiger partial charge is 0.340 e. The van der Waals surface area contributed by atoms with Crippen LogP contribution in [0.5, 0.6) is 0 Å². The Morgan fingerprint density at radius 1 is 1.38 bits per heavy atom. The van der Waals surface area contributed by atoms with E-state index in [1.165, 1.54) is 6.07 Å². The third kappa shape index (κ3) is 1.99. The van der Waals surface area contributed by atoms with Crippen LogP contribution in [0.25, 0.3) is 0 Å². The number of rotatable bonds is 2. The third-order valence-electron chi connectivity index (χ3n) is 2.56. The summed E-state index contributed by atoms with van der Waals surface area (Å²) in [5.74, 6) is -1.93. The Morgan fingerprint density at radius 3 is 2.69 bits per heavy atom. The van der Waals surface area contributed by atoms with Crippen molar-refractivity contribution in [3.63, 3.8) is 0 Å². The second-order valence-electron chi connectivity index (χ2n) is 3.54. The Hall–Kier alpha value is -1.62. The molecule has 1 aromatic rings. The molecule has 1 fully saturated rings. The summed E-state index contributed by atoms with van der Waals surface area (Å²) in [5, 5.41) is 8.98. The third-order valence-corrected chi connectivity index (χ3v) is 2.56. The lowest BCUT2D eigenvalue weighted by Crippen LogP contribution is -2.37. The van der Waals surface area contributed by atoms with Crippen LogP contribution in [-0.2, 0) is 4.74 Å². The maximum absolute atomic E-state index is 13.4. The first-order valence-corrected chi connectivity index (χ1v) is 5.04. The summed E-state index contributed by atoms with van der Waals surface area (Å²) in [6, 6.07) is 4.30. The largest absolute Gasteiger partial charge is 0.478 e. The van der Waals surface area contributed by atoms with Gasteiger partial charge in [-0.25, -0.2) is 9.18 Å². The zero-order chi connectivity index (χ0) is 11.5. The molecular weight excluding hydrogens is 213 g/mol. The average molecular weight is 225 g/mol. The van der Waals surface area contributed by atoms with Crippen molar-refractivity contribution in [2.75, 3.05) is 31.2 Å². The number of anilines is 1. The first kappa shape index (κ1) is 10.9. The Kier molecular flexibility index (Phi) is 3.05. The Balaban J connectivity index is 2.38. The first-order chi connectivity index (χ1) is 7.70. The molecule has 0 aromatic heterocycles. The lowest BCUT2D eigenvalue weighted by molar-refractivity contribution is 0.0691. The van der Waals surface area contributed by atoms with E-state index in [1.54, 1.807) is 6.07 Å². The molecule has 4 nitrogen and oxygen atoms in total. The molecule has 1 N–H and O–H groups in total. The van der Waals surface area contributed by atoms with Gasteiger partial charge in [-0.1, -0.05) is 6.07 Å². The molecule has 1 saturated heterocycles. The average Bonchev–Trinajstić information content (AvgIpc) is 2.29. The van der Waals surface area contributed by atoms with Crippen LogP contribution in [-0.4, -0.2) is 37.4 Å². The highest BCUT2D eigenvalue weighted by atomic mass is 19.1. The minimum atomic E-state index is -1.24. The molecule has 0 amide bonds. The van der Waals surface area contributed by atoms with Gasteiger partial charge in [-0.3, -0.25) is 0 Å². The van der Waals surface area contributed by atoms with Gasteiger partial charge in [-0.15, -0.1) is 0 Å². The highest BCUT2D eigenvalue weighted by Gasteiger charge is 2.21. The molecular formula is C11H12FNO3. The van der Waals surface area contributed by atoms with Crippen LogP contribution in [0.2, 0.25) is 0 Å². The SMILES string of the molecule is O=C(O)c1c(F)cccc1N1CCOCC1. The topological polar surface area (TPSA) is 49.8 Å². The summed E-state index contributed by atoms with van der Waals surface area (Å²) in [5.41, 5.74) is 0.167. The summed E-state index contributed by atoms with van der Waals surface area (Å²) in [6.07, 6.45) is 0. The van der Waals surface area contributed by atoms with Gasteiger partial charge < -0.3 is 14.7 Å². The lowest BCUT2D eigenvalue weighted by Gasteiger charge is -2.29. The molecule has 1 aromatic carbocycles. The van der Waals surface area contributed by atoms with Gasteiger partial charge in [-0.05, 0) is 12.1 Å². The number of benzene rings is 1. The number of aromatic carboxylic acids is 1. The molecule has 0 aliphatic carbocycles. The molecule has 0 saturated carbocycles.